The summed E-state index contributed by atoms with van der Waals surface area (Å²) >= 11 is 6.56. The van der Waals surface area contributed by atoms with Crippen molar-refractivity contribution in [2.45, 2.75) is 17.7 Å². The van der Waals surface area contributed by atoms with Gasteiger partial charge in [0.1, 0.15) is 0 Å². The average molecular weight is 413 g/mol. The Bertz CT molecular complexity index is 542. The van der Waals surface area contributed by atoms with Crippen LogP contribution in [-0.4, -0.2) is 28.2 Å². The number of hydrogen-bond acceptors (Lipinski definition) is 3. The Morgan fingerprint density at radius 1 is 1.26 bits per heavy atom. The van der Waals surface area contributed by atoms with Gasteiger partial charge in [0.2, 0.25) is 10.0 Å². The third-order valence-electron chi connectivity index (χ3n) is 3.09. The van der Waals surface area contributed by atoms with E-state index in [0.29, 0.717) is 30.1 Å². The molecule has 1 saturated heterocycles. The standard InChI is InChI=1S/C12H15Br2NO3S/c13-10-1-2-11(14)12(7-10)19(16,17)15-8-9-3-5-18-6-4-9/h1-2,7,9,15H,3-6,8H2. The van der Waals surface area contributed by atoms with E-state index >= 15 is 0 Å². The summed E-state index contributed by atoms with van der Waals surface area (Å²) in [6.07, 6.45) is 1.81. The van der Waals surface area contributed by atoms with E-state index in [1.165, 1.54) is 0 Å². The molecule has 1 fully saturated rings. The van der Waals surface area contributed by atoms with E-state index < -0.39 is 10.0 Å². The third kappa shape index (κ3) is 4.26. The second kappa shape index (κ2) is 6.67. The van der Waals surface area contributed by atoms with Gasteiger partial charge < -0.3 is 4.74 Å². The summed E-state index contributed by atoms with van der Waals surface area (Å²) in [4.78, 5) is 0.258. The number of rotatable bonds is 4. The van der Waals surface area contributed by atoms with Crippen LogP contribution in [0, 0.1) is 5.92 Å². The Morgan fingerprint density at radius 3 is 2.63 bits per heavy atom. The SMILES string of the molecule is O=S(=O)(NCC1CCOCC1)c1cc(Br)ccc1Br. The highest BCUT2D eigenvalue weighted by Gasteiger charge is 2.21. The Labute approximate surface area is 130 Å². The minimum atomic E-state index is -3.48. The molecule has 19 heavy (non-hydrogen) atoms. The first-order chi connectivity index (χ1) is 8.99. The van der Waals surface area contributed by atoms with Crippen molar-refractivity contribution in [3.05, 3.63) is 27.1 Å². The number of hydrogen-bond donors (Lipinski definition) is 1. The van der Waals surface area contributed by atoms with Crippen molar-refractivity contribution < 1.29 is 13.2 Å². The lowest BCUT2D eigenvalue weighted by Gasteiger charge is -2.22. The quantitative estimate of drug-likeness (QED) is 0.827. The van der Waals surface area contributed by atoms with Crippen molar-refractivity contribution >= 4 is 41.9 Å². The van der Waals surface area contributed by atoms with Gasteiger partial charge in [-0.05, 0) is 52.9 Å². The van der Waals surface area contributed by atoms with E-state index in [0.717, 1.165) is 17.3 Å². The van der Waals surface area contributed by atoms with Gasteiger partial charge in [0, 0.05) is 28.7 Å². The molecule has 0 atom stereocenters. The zero-order chi connectivity index (χ0) is 13.9. The molecule has 1 aliphatic heterocycles. The molecule has 1 heterocycles. The Morgan fingerprint density at radius 2 is 1.95 bits per heavy atom. The molecule has 0 bridgehead atoms. The van der Waals surface area contributed by atoms with Gasteiger partial charge in [-0.3, -0.25) is 0 Å². The van der Waals surface area contributed by atoms with Crippen LogP contribution < -0.4 is 4.72 Å². The van der Waals surface area contributed by atoms with E-state index in [2.05, 4.69) is 36.6 Å². The van der Waals surface area contributed by atoms with Crippen LogP contribution in [0.2, 0.25) is 0 Å². The number of nitrogens with one attached hydrogen (secondary N) is 1. The van der Waals surface area contributed by atoms with E-state index in [1.807, 2.05) is 0 Å². The average Bonchev–Trinajstić information content (AvgIpc) is 2.40. The Balaban J connectivity index is 2.07. The highest BCUT2D eigenvalue weighted by molar-refractivity contribution is 9.11. The molecular weight excluding hydrogens is 398 g/mol. The van der Waals surface area contributed by atoms with Gasteiger partial charge >= 0.3 is 0 Å². The molecule has 0 amide bonds. The summed E-state index contributed by atoms with van der Waals surface area (Å²) < 4.78 is 33.8. The largest absolute Gasteiger partial charge is 0.381 e. The lowest BCUT2D eigenvalue weighted by Crippen LogP contribution is -2.32. The molecule has 0 saturated carbocycles. The molecule has 0 unspecified atom stereocenters. The molecule has 0 radical (unpaired) electrons. The maximum absolute atomic E-state index is 12.3. The lowest BCUT2D eigenvalue weighted by atomic mass is 10.0. The second-order valence-corrected chi connectivity index (χ2v) is 7.99. The lowest BCUT2D eigenvalue weighted by molar-refractivity contribution is 0.0678. The van der Waals surface area contributed by atoms with Crippen molar-refractivity contribution in [1.82, 2.24) is 4.72 Å². The summed E-state index contributed by atoms with van der Waals surface area (Å²) in [5.74, 6) is 0.356. The molecule has 1 aromatic rings. The normalized spacial score (nSPS) is 17.6. The van der Waals surface area contributed by atoms with Gasteiger partial charge in [0.05, 0.1) is 4.90 Å². The van der Waals surface area contributed by atoms with Crippen LogP contribution in [0.4, 0.5) is 0 Å². The summed E-state index contributed by atoms with van der Waals surface area (Å²) in [6, 6.07) is 5.10. The predicted octanol–water partition coefficient (Wildman–Crippen LogP) is 2.92. The Kier molecular flexibility index (Phi) is 5.42. The fraction of sp³-hybridized carbons (Fsp3) is 0.500. The molecule has 0 spiro atoms. The number of halogens is 2. The number of ether oxygens (including phenoxy) is 1. The van der Waals surface area contributed by atoms with Crippen LogP contribution in [0.15, 0.2) is 32.0 Å². The van der Waals surface area contributed by atoms with Gasteiger partial charge in [0.15, 0.2) is 0 Å². The van der Waals surface area contributed by atoms with Gasteiger partial charge in [-0.2, -0.15) is 0 Å². The minimum Gasteiger partial charge on any atom is -0.381 e. The van der Waals surface area contributed by atoms with Crippen molar-refractivity contribution in [2.75, 3.05) is 19.8 Å². The van der Waals surface area contributed by atoms with Gasteiger partial charge in [-0.1, -0.05) is 15.9 Å². The fourth-order valence-electron chi connectivity index (χ4n) is 1.94. The number of benzene rings is 1. The zero-order valence-electron chi connectivity index (χ0n) is 10.2. The Hall–Kier alpha value is 0.0500. The van der Waals surface area contributed by atoms with Crippen LogP contribution in [0.5, 0.6) is 0 Å². The van der Waals surface area contributed by atoms with Crippen molar-refractivity contribution in [1.29, 1.82) is 0 Å². The molecular formula is C12H15Br2NO3S. The minimum absolute atomic E-state index is 0.258. The first-order valence-electron chi connectivity index (χ1n) is 6.01. The second-order valence-electron chi connectivity index (χ2n) is 4.48. The maximum Gasteiger partial charge on any atom is 0.241 e. The van der Waals surface area contributed by atoms with Crippen molar-refractivity contribution in [3.8, 4) is 0 Å². The van der Waals surface area contributed by atoms with Crippen LogP contribution >= 0.6 is 31.9 Å². The number of sulfonamides is 1. The molecule has 1 N–H and O–H groups in total. The van der Waals surface area contributed by atoms with Crippen molar-refractivity contribution in [2.24, 2.45) is 5.92 Å². The first-order valence-corrected chi connectivity index (χ1v) is 9.08. The molecule has 106 valence electrons. The van der Waals surface area contributed by atoms with Gasteiger partial charge in [-0.25, -0.2) is 13.1 Å². The summed E-state index contributed by atoms with van der Waals surface area (Å²) in [7, 11) is -3.48. The topological polar surface area (TPSA) is 55.4 Å². The van der Waals surface area contributed by atoms with Gasteiger partial charge in [-0.15, -0.1) is 0 Å². The molecule has 0 aromatic heterocycles. The molecule has 1 aromatic carbocycles. The van der Waals surface area contributed by atoms with Crippen molar-refractivity contribution in [3.63, 3.8) is 0 Å². The molecule has 1 aliphatic rings. The van der Waals surface area contributed by atoms with E-state index in [-0.39, 0.29) is 4.90 Å². The summed E-state index contributed by atoms with van der Waals surface area (Å²) in [6.45, 7) is 1.89. The van der Waals surface area contributed by atoms with E-state index in [4.69, 9.17) is 4.74 Å². The summed E-state index contributed by atoms with van der Waals surface area (Å²) in [5.41, 5.74) is 0. The smallest absolute Gasteiger partial charge is 0.241 e. The molecule has 0 aliphatic carbocycles. The fourth-order valence-corrected chi connectivity index (χ4v) is 4.56. The van der Waals surface area contributed by atoms with Crippen LogP contribution in [0.1, 0.15) is 12.8 Å². The van der Waals surface area contributed by atoms with Crippen LogP contribution in [0.3, 0.4) is 0 Å². The highest BCUT2D eigenvalue weighted by Crippen LogP contribution is 2.26. The van der Waals surface area contributed by atoms with E-state index in [9.17, 15) is 8.42 Å². The summed E-state index contributed by atoms with van der Waals surface area (Å²) in [5, 5.41) is 0. The first kappa shape index (κ1) is 15.4. The molecule has 4 nitrogen and oxygen atoms in total. The van der Waals surface area contributed by atoms with Crippen LogP contribution in [0.25, 0.3) is 0 Å². The zero-order valence-corrected chi connectivity index (χ0v) is 14.2. The van der Waals surface area contributed by atoms with E-state index in [1.54, 1.807) is 18.2 Å². The predicted molar refractivity (Wildman–Crippen MR) is 80.6 cm³/mol. The monoisotopic (exact) mass is 411 g/mol. The molecule has 7 heteroatoms. The van der Waals surface area contributed by atoms with Crippen LogP contribution in [-0.2, 0) is 14.8 Å². The molecule has 2 rings (SSSR count). The maximum atomic E-state index is 12.3. The van der Waals surface area contributed by atoms with Gasteiger partial charge in [0.25, 0.3) is 0 Å². The third-order valence-corrected chi connectivity index (χ3v) is 6.00. The highest BCUT2D eigenvalue weighted by atomic mass is 79.9.